The smallest absolute Gasteiger partial charge is 0.302 e. The molecule has 7 heteroatoms. The number of halogens is 1. The van der Waals surface area contributed by atoms with E-state index in [2.05, 4.69) is 0 Å². The molecule has 1 aromatic carbocycles. The second kappa shape index (κ2) is 5.72. The van der Waals surface area contributed by atoms with Crippen LogP contribution in [0.2, 0.25) is 0 Å². The van der Waals surface area contributed by atoms with Gasteiger partial charge >= 0.3 is 10.2 Å². The van der Waals surface area contributed by atoms with Crippen LogP contribution in [0.5, 0.6) is 0 Å². The van der Waals surface area contributed by atoms with Gasteiger partial charge in [-0.05, 0) is 12.1 Å². The summed E-state index contributed by atoms with van der Waals surface area (Å²) in [5.41, 5.74) is 0.798. The second-order valence-electron chi connectivity index (χ2n) is 5.62. The minimum Gasteiger partial charge on any atom is -0.461 e. The second-order valence-corrected chi connectivity index (χ2v) is 7.03. The molecule has 118 valence electrons. The molecular weight excluding hydrogens is 309 g/mol. The molecule has 0 radical (unpaired) electrons. The van der Waals surface area contributed by atoms with E-state index in [1.807, 2.05) is 30.3 Å². The van der Waals surface area contributed by atoms with Crippen LogP contribution in [0.1, 0.15) is 12.2 Å². The third-order valence-corrected chi connectivity index (χ3v) is 4.70. The number of likely N-dealkylation sites (tertiary alicyclic amines) is 1. The van der Waals surface area contributed by atoms with Crippen molar-refractivity contribution in [2.45, 2.75) is 12.8 Å². The van der Waals surface area contributed by atoms with Crippen molar-refractivity contribution in [3.05, 3.63) is 36.1 Å². The van der Waals surface area contributed by atoms with Gasteiger partial charge in [-0.2, -0.15) is 8.42 Å². The fraction of sp³-hybridized carbons (Fsp3) is 0.400. The number of nitrogens with zero attached hydrogens (tertiary/aromatic N) is 1. The molecule has 0 aliphatic carbocycles. The zero-order valence-corrected chi connectivity index (χ0v) is 12.7. The average Bonchev–Trinajstić information content (AvgIpc) is 2.97. The first kappa shape index (κ1) is 15.0. The number of carbonyl (C=O) groups excluding carboxylic acids is 1. The quantitative estimate of drug-likeness (QED) is 0.790. The molecule has 2 heterocycles. The van der Waals surface area contributed by atoms with Crippen molar-refractivity contribution in [3.8, 4) is 0 Å². The third kappa shape index (κ3) is 3.47. The fourth-order valence-corrected chi connectivity index (χ4v) is 3.65. The molecule has 0 N–H and O–H groups in total. The van der Waals surface area contributed by atoms with E-state index in [1.165, 1.54) is 0 Å². The number of hydrogen-bond acceptors (Lipinski definition) is 4. The number of fused-ring (bicyclic) bond motifs is 1. The van der Waals surface area contributed by atoms with Crippen LogP contribution in [0, 0.1) is 5.92 Å². The van der Waals surface area contributed by atoms with E-state index in [4.69, 9.17) is 4.42 Å². The number of furan rings is 1. The van der Waals surface area contributed by atoms with Crippen LogP contribution in [0.25, 0.3) is 11.0 Å². The monoisotopic (exact) mass is 325 g/mol. The molecule has 0 spiro atoms. The Morgan fingerprint density at radius 3 is 2.82 bits per heavy atom. The van der Waals surface area contributed by atoms with Gasteiger partial charge in [-0.25, -0.2) is 0 Å². The van der Waals surface area contributed by atoms with Crippen molar-refractivity contribution in [3.63, 3.8) is 0 Å². The van der Waals surface area contributed by atoms with Gasteiger partial charge < -0.3 is 9.32 Å². The molecule has 1 amide bonds. The summed E-state index contributed by atoms with van der Waals surface area (Å²) >= 11 is 0. The number of carbonyl (C=O) groups is 1. The Morgan fingerprint density at radius 2 is 2.09 bits per heavy atom. The fourth-order valence-electron chi connectivity index (χ4n) is 2.87. The lowest BCUT2D eigenvalue weighted by molar-refractivity contribution is -0.127. The highest BCUT2D eigenvalue weighted by molar-refractivity contribution is 7.86. The summed E-state index contributed by atoms with van der Waals surface area (Å²) < 4.78 is 39.7. The van der Waals surface area contributed by atoms with Gasteiger partial charge in [0.05, 0.1) is 5.75 Å². The summed E-state index contributed by atoms with van der Waals surface area (Å²) in [7, 11) is -4.54. The lowest BCUT2D eigenvalue weighted by Crippen LogP contribution is -2.28. The summed E-state index contributed by atoms with van der Waals surface area (Å²) in [4.78, 5) is 13.4. The minimum atomic E-state index is -4.54. The Kier molecular flexibility index (Phi) is 3.90. The van der Waals surface area contributed by atoms with Crippen molar-refractivity contribution in [1.82, 2.24) is 4.90 Å². The summed E-state index contributed by atoms with van der Waals surface area (Å²) in [6.45, 7) is 0.726. The first-order chi connectivity index (χ1) is 10.4. The third-order valence-electron chi connectivity index (χ3n) is 3.83. The van der Waals surface area contributed by atoms with Crippen LogP contribution in [0.4, 0.5) is 3.89 Å². The van der Waals surface area contributed by atoms with Crippen LogP contribution < -0.4 is 0 Å². The summed E-state index contributed by atoms with van der Waals surface area (Å²) in [5.74, 6) is -0.404. The highest BCUT2D eigenvalue weighted by Gasteiger charge is 2.32. The van der Waals surface area contributed by atoms with E-state index in [-0.39, 0.29) is 18.9 Å². The average molecular weight is 325 g/mol. The molecule has 1 fully saturated rings. The van der Waals surface area contributed by atoms with Gasteiger partial charge in [-0.15, -0.1) is 3.89 Å². The number of para-hydroxylation sites is 1. The van der Waals surface area contributed by atoms with Gasteiger partial charge in [-0.1, -0.05) is 18.2 Å². The lowest BCUT2D eigenvalue weighted by Gasteiger charge is -2.15. The highest BCUT2D eigenvalue weighted by atomic mass is 32.3. The topological polar surface area (TPSA) is 67.6 Å². The molecule has 1 saturated heterocycles. The number of rotatable bonds is 5. The van der Waals surface area contributed by atoms with E-state index in [9.17, 15) is 17.1 Å². The number of amides is 1. The highest BCUT2D eigenvalue weighted by Crippen LogP contribution is 2.22. The normalized spacial score (nSPS) is 19.2. The predicted molar refractivity (Wildman–Crippen MR) is 79.5 cm³/mol. The van der Waals surface area contributed by atoms with Crippen LogP contribution in [-0.2, 0) is 21.4 Å². The lowest BCUT2D eigenvalue weighted by atomic mass is 10.1. The van der Waals surface area contributed by atoms with Gasteiger partial charge in [0, 0.05) is 37.2 Å². The van der Waals surface area contributed by atoms with Gasteiger partial charge in [0.15, 0.2) is 0 Å². The van der Waals surface area contributed by atoms with Crippen molar-refractivity contribution in [1.29, 1.82) is 0 Å². The van der Waals surface area contributed by atoms with Crippen molar-refractivity contribution in [2.75, 3.05) is 18.8 Å². The van der Waals surface area contributed by atoms with Crippen LogP contribution in [0.3, 0.4) is 0 Å². The Labute approximate surface area is 127 Å². The summed E-state index contributed by atoms with van der Waals surface area (Å²) in [6, 6.07) is 9.57. The number of hydrogen-bond donors (Lipinski definition) is 0. The zero-order valence-electron chi connectivity index (χ0n) is 11.9. The minimum absolute atomic E-state index is 0.0866. The molecule has 1 aliphatic heterocycles. The molecular formula is C15H16FNO4S. The Morgan fingerprint density at radius 1 is 1.32 bits per heavy atom. The molecule has 1 atom stereocenters. The van der Waals surface area contributed by atoms with Gasteiger partial charge in [-0.3, -0.25) is 4.79 Å². The molecule has 3 rings (SSSR count). The van der Waals surface area contributed by atoms with Crippen molar-refractivity contribution < 1.29 is 21.5 Å². The molecule has 2 aromatic rings. The summed E-state index contributed by atoms with van der Waals surface area (Å²) in [6.07, 6.45) is 0.638. The van der Waals surface area contributed by atoms with E-state index in [0.29, 0.717) is 13.0 Å². The predicted octanol–water partition coefficient (Wildman–Crippen LogP) is 2.12. The van der Waals surface area contributed by atoms with Crippen molar-refractivity contribution >= 4 is 27.1 Å². The van der Waals surface area contributed by atoms with E-state index in [0.717, 1.165) is 16.7 Å². The first-order valence-electron chi connectivity index (χ1n) is 7.08. The Balaban J connectivity index is 1.60. The number of benzene rings is 1. The van der Waals surface area contributed by atoms with E-state index in [1.54, 1.807) is 4.90 Å². The van der Waals surface area contributed by atoms with Gasteiger partial charge in [0.1, 0.15) is 11.3 Å². The molecule has 0 saturated carbocycles. The molecule has 1 aromatic heterocycles. The maximum Gasteiger partial charge on any atom is 0.302 e. The zero-order chi connectivity index (χ0) is 15.7. The van der Waals surface area contributed by atoms with E-state index < -0.39 is 21.9 Å². The molecule has 1 aliphatic rings. The maximum atomic E-state index is 12.7. The van der Waals surface area contributed by atoms with Crippen LogP contribution >= 0.6 is 0 Å². The standard InChI is InChI=1S/C15H16FNO4S/c16-22(19,20)10-11-7-15(18)17(9-11)6-5-13-8-12-3-1-2-4-14(12)21-13/h1-4,8,11H,5-7,9-10H2. The van der Waals surface area contributed by atoms with Gasteiger partial charge in [0.25, 0.3) is 0 Å². The summed E-state index contributed by atoms with van der Waals surface area (Å²) in [5, 5.41) is 1.01. The molecule has 22 heavy (non-hydrogen) atoms. The maximum absolute atomic E-state index is 12.7. The van der Waals surface area contributed by atoms with Crippen LogP contribution in [0.15, 0.2) is 34.7 Å². The molecule has 0 bridgehead atoms. The largest absolute Gasteiger partial charge is 0.461 e. The molecule has 1 unspecified atom stereocenters. The van der Waals surface area contributed by atoms with Gasteiger partial charge in [0.2, 0.25) is 5.91 Å². The Hall–Kier alpha value is -1.89. The Bertz CT molecular complexity index is 766. The van der Waals surface area contributed by atoms with E-state index >= 15 is 0 Å². The van der Waals surface area contributed by atoms with Crippen molar-refractivity contribution in [2.24, 2.45) is 5.92 Å². The molecule has 5 nitrogen and oxygen atoms in total. The SMILES string of the molecule is O=C1CC(CS(=O)(=O)F)CN1CCc1cc2ccccc2o1. The van der Waals surface area contributed by atoms with Crippen LogP contribution in [-0.4, -0.2) is 38.1 Å². The first-order valence-corrected chi connectivity index (χ1v) is 8.63.